The van der Waals surface area contributed by atoms with E-state index < -0.39 is 0 Å². The fraction of sp³-hybridized carbons (Fsp3) is 0.316. The summed E-state index contributed by atoms with van der Waals surface area (Å²) in [5.41, 5.74) is 2.04. The highest BCUT2D eigenvalue weighted by atomic mass is 35.5. The van der Waals surface area contributed by atoms with E-state index in [0.29, 0.717) is 23.2 Å². The van der Waals surface area contributed by atoms with Gasteiger partial charge in [0.05, 0.1) is 13.5 Å². The number of methoxy groups -OCH3 is 1. The quantitative estimate of drug-likeness (QED) is 0.825. The van der Waals surface area contributed by atoms with E-state index in [0.717, 1.165) is 12.0 Å². The molecule has 2 aromatic carbocycles. The van der Waals surface area contributed by atoms with E-state index in [-0.39, 0.29) is 12.3 Å². The Balaban J connectivity index is 1.96. The molecule has 2 rings (SSSR count). The predicted molar refractivity (Wildman–Crippen MR) is 94.2 cm³/mol. The van der Waals surface area contributed by atoms with Crippen LogP contribution in [0.4, 0.5) is 0 Å². The summed E-state index contributed by atoms with van der Waals surface area (Å²) >= 11 is 6.00. The Morgan fingerprint density at radius 1 is 1.22 bits per heavy atom. The number of hydrogen-bond donors (Lipinski definition) is 1. The average Bonchev–Trinajstić information content (AvgIpc) is 2.56. The zero-order valence-corrected chi connectivity index (χ0v) is 14.3. The molecule has 0 radical (unpaired) electrons. The van der Waals surface area contributed by atoms with Crippen LogP contribution < -0.4 is 10.1 Å². The van der Waals surface area contributed by atoms with E-state index in [2.05, 4.69) is 24.4 Å². The molecule has 0 spiro atoms. The number of halogens is 1. The average molecular weight is 332 g/mol. The maximum absolute atomic E-state index is 12.2. The van der Waals surface area contributed by atoms with Crippen LogP contribution in [0.5, 0.6) is 5.75 Å². The second-order valence-corrected chi connectivity index (χ2v) is 5.89. The van der Waals surface area contributed by atoms with Gasteiger partial charge in [0.15, 0.2) is 0 Å². The SMILES string of the molecule is CCC(CNC(=O)Cc1cc(Cl)ccc1OC)c1ccccc1. The number of carbonyl (C=O) groups excluding carboxylic acids is 1. The largest absolute Gasteiger partial charge is 0.496 e. The monoisotopic (exact) mass is 331 g/mol. The first-order chi connectivity index (χ1) is 11.1. The minimum atomic E-state index is -0.0278. The Morgan fingerprint density at radius 2 is 1.96 bits per heavy atom. The second kappa shape index (κ2) is 8.59. The first-order valence-electron chi connectivity index (χ1n) is 7.78. The highest BCUT2D eigenvalue weighted by molar-refractivity contribution is 6.30. The predicted octanol–water partition coefficient (Wildman–Crippen LogP) is 4.20. The summed E-state index contributed by atoms with van der Waals surface area (Å²) in [6, 6.07) is 15.6. The van der Waals surface area contributed by atoms with Crippen LogP contribution in [0.15, 0.2) is 48.5 Å². The molecule has 23 heavy (non-hydrogen) atoms. The molecule has 0 aliphatic carbocycles. The van der Waals surface area contributed by atoms with Crippen molar-refractivity contribution in [3.63, 3.8) is 0 Å². The van der Waals surface area contributed by atoms with Crippen LogP contribution in [0.1, 0.15) is 30.4 Å². The van der Waals surface area contributed by atoms with Crippen LogP contribution >= 0.6 is 11.6 Å². The van der Waals surface area contributed by atoms with Gasteiger partial charge in [-0.25, -0.2) is 0 Å². The topological polar surface area (TPSA) is 38.3 Å². The standard InChI is InChI=1S/C19H22ClNO2/c1-3-14(15-7-5-4-6-8-15)13-21-19(22)12-16-11-17(20)9-10-18(16)23-2/h4-11,14H,3,12-13H2,1-2H3,(H,21,22). The number of nitrogens with one attached hydrogen (secondary N) is 1. The van der Waals surface area contributed by atoms with Gasteiger partial charge in [0.2, 0.25) is 5.91 Å². The van der Waals surface area contributed by atoms with Gasteiger partial charge in [-0.05, 0) is 30.2 Å². The molecule has 4 heteroatoms. The van der Waals surface area contributed by atoms with E-state index in [1.165, 1.54) is 5.56 Å². The van der Waals surface area contributed by atoms with Crippen LogP contribution in [0.3, 0.4) is 0 Å². The number of benzene rings is 2. The van der Waals surface area contributed by atoms with E-state index in [9.17, 15) is 4.79 Å². The third-order valence-corrected chi connectivity index (χ3v) is 4.14. The van der Waals surface area contributed by atoms with Gasteiger partial charge in [-0.1, -0.05) is 48.9 Å². The van der Waals surface area contributed by atoms with Crippen LogP contribution in [0.2, 0.25) is 5.02 Å². The summed E-state index contributed by atoms with van der Waals surface area (Å²) in [4.78, 5) is 12.2. The molecule has 0 heterocycles. The van der Waals surface area contributed by atoms with E-state index in [1.807, 2.05) is 18.2 Å². The summed E-state index contributed by atoms with van der Waals surface area (Å²) in [6.07, 6.45) is 1.24. The smallest absolute Gasteiger partial charge is 0.224 e. The zero-order valence-electron chi connectivity index (χ0n) is 13.5. The van der Waals surface area contributed by atoms with Crippen molar-refractivity contribution in [3.05, 3.63) is 64.7 Å². The first-order valence-corrected chi connectivity index (χ1v) is 8.16. The van der Waals surface area contributed by atoms with Crippen LogP contribution in [-0.2, 0) is 11.2 Å². The molecule has 0 aromatic heterocycles. The molecule has 2 aromatic rings. The maximum atomic E-state index is 12.2. The third kappa shape index (κ3) is 5.00. The fourth-order valence-corrected chi connectivity index (χ4v) is 2.78. The van der Waals surface area contributed by atoms with Crippen molar-refractivity contribution in [2.24, 2.45) is 0 Å². The number of hydrogen-bond acceptors (Lipinski definition) is 2. The lowest BCUT2D eigenvalue weighted by atomic mass is 9.96. The Morgan fingerprint density at radius 3 is 2.61 bits per heavy atom. The minimum Gasteiger partial charge on any atom is -0.496 e. The lowest BCUT2D eigenvalue weighted by molar-refractivity contribution is -0.120. The van der Waals surface area contributed by atoms with Gasteiger partial charge in [-0.15, -0.1) is 0 Å². The van der Waals surface area contributed by atoms with Crippen molar-refractivity contribution < 1.29 is 9.53 Å². The lowest BCUT2D eigenvalue weighted by Crippen LogP contribution is -2.29. The molecule has 0 fully saturated rings. The summed E-state index contributed by atoms with van der Waals surface area (Å²) < 4.78 is 5.28. The first kappa shape index (κ1) is 17.4. The number of rotatable bonds is 7. The molecular formula is C19H22ClNO2. The molecule has 3 nitrogen and oxygen atoms in total. The van der Waals surface area contributed by atoms with E-state index in [1.54, 1.807) is 25.3 Å². The van der Waals surface area contributed by atoms with Crippen LogP contribution in [0, 0.1) is 0 Å². The molecular weight excluding hydrogens is 310 g/mol. The Hall–Kier alpha value is -2.00. The number of amides is 1. The normalized spacial score (nSPS) is 11.8. The van der Waals surface area contributed by atoms with Crippen molar-refractivity contribution in [1.82, 2.24) is 5.32 Å². The summed E-state index contributed by atoms with van der Waals surface area (Å²) in [7, 11) is 1.59. The molecule has 0 saturated heterocycles. The molecule has 0 aliphatic heterocycles. The van der Waals surface area contributed by atoms with Gasteiger partial charge >= 0.3 is 0 Å². The fourth-order valence-electron chi connectivity index (χ4n) is 2.58. The Labute approximate surface area is 142 Å². The van der Waals surface area contributed by atoms with Gasteiger partial charge in [-0.3, -0.25) is 4.79 Å². The van der Waals surface area contributed by atoms with Crippen LogP contribution in [0.25, 0.3) is 0 Å². The molecule has 1 N–H and O–H groups in total. The van der Waals surface area contributed by atoms with Crippen molar-refractivity contribution in [2.45, 2.75) is 25.7 Å². The highest BCUT2D eigenvalue weighted by Gasteiger charge is 2.13. The molecule has 0 bridgehead atoms. The molecule has 122 valence electrons. The molecule has 0 saturated carbocycles. The van der Waals surface area contributed by atoms with Gasteiger partial charge in [0.25, 0.3) is 0 Å². The van der Waals surface area contributed by atoms with E-state index in [4.69, 9.17) is 16.3 Å². The second-order valence-electron chi connectivity index (χ2n) is 5.45. The molecule has 1 atom stereocenters. The number of ether oxygens (including phenoxy) is 1. The molecule has 1 amide bonds. The van der Waals surface area contributed by atoms with Crippen molar-refractivity contribution in [3.8, 4) is 5.75 Å². The summed E-state index contributed by atoms with van der Waals surface area (Å²) in [5.74, 6) is 0.973. The lowest BCUT2D eigenvalue weighted by Gasteiger charge is -2.16. The number of carbonyl (C=O) groups is 1. The summed E-state index contributed by atoms with van der Waals surface area (Å²) in [5, 5.41) is 3.62. The zero-order chi connectivity index (χ0) is 16.7. The van der Waals surface area contributed by atoms with Crippen molar-refractivity contribution >= 4 is 17.5 Å². The molecule has 1 unspecified atom stereocenters. The third-order valence-electron chi connectivity index (χ3n) is 3.90. The summed E-state index contributed by atoms with van der Waals surface area (Å²) in [6.45, 7) is 2.76. The van der Waals surface area contributed by atoms with Crippen LogP contribution in [-0.4, -0.2) is 19.6 Å². The van der Waals surface area contributed by atoms with Crippen molar-refractivity contribution in [1.29, 1.82) is 0 Å². The van der Waals surface area contributed by atoms with Gasteiger partial charge in [0, 0.05) is 23.0 Å². The van der Waals surface area contributed by atoms with E-state index >= 15 is 0 Å². The van der Waals surface area contributed by atoms with Gasteiger partial charge in [0.1, 0.15) is 5.75 Å². The van der Waals surface area contributed by atoms with Gasteiger partial charge in [-0.2, -0.15) is 0 Å². The minimum absolute atomic E-state index is 0.0278. The Bertz CT molecular complexity index is 643. The van der Waals surface area contributed by atoms with Gasteiger partial charge < -0.3 is 10.1 Å². The van der Waals surface area contributed by atoms with Crippen molar-refractivity contribution in [2.75, 3.05) is 13.7 Å². The maximum Gasteiger partial charge on any atom is 0.224 e. The highest BCUT2D eigenvalue weighted by Crippen LogP contribution is 2.23. The molecule has 0 aliphatic rings. The Kier molecular flexibility index (Phi) is 6.48.